The van der Waals surface area contributed by atoms with Crippen molar-refractivity contribution in [2.75, 3.05) is 19.0 Å². The number of hydrogen-bond donors (Lipinski definition) is 3. The van der Waals surface area contributed by atoms with Crippen LogP contribution in [-0.2, 0) is 4.79 Å². The van der Waals surface area contributed by atoms with Gasteiger partial charge in [-0.25, -0.2) is 0 Å². The van der Waals surface area contributed by atoms with E-state index in [9.17, 15) is 15.0 Å². The molecule has 0 saturated heterocycles. The summed E-state index contributed by atoms with van der Waals surface area (Å²) >= 11 is 7.48. The molecule has 0 atom stereocenters. The second kappa shape index (κ2) is 9.30. The Hall–Kier alpha value is -0.750. The predicted octanol–water partition coefficient (Wildman–Crippen LogP) is 2.46. The van der Waals surface area contributed by atoms with Crippen molar-refractivity contribution >= 4 is 29.3 Å². The van der Waals surface area contributed by atoms with Crippen LogP contribution in [0.5, 0.6) is 0 Å². The molecule has 0 radical (unpaired) electrons. The number of rotatable bonds is 9. The van der Waals surface area contributed by atoms with Gasteiger partial charge in [0.1, 0.15) is 0 Å². The first kappa shape index (κ1) is 18.3. The average molecular weight is 332 g/mol. The highest BCUT2D eigenvalue weighted by Crippen LogP contribution is 2.21. The SMILES string of the molecule is CCC(CO)(CO)NC(=O)CCCSc1ccc(Cl)cc1. The lowest BCUT2D eigenvalue weighted by Gasteiger charge is -2.29. The molecule has 3 N–H and O–H groups in total. The number of benzene rings is 1. The Balaban J connectivity index is 2.28. The predicted molar refractivity (Wildman–Crippen MR) is 86.7 cm³/mol. The largest absolute Gasteiger partial charge is 0.394 e. The van der Waals surface area contributed by atoms with Gasteiger partial charge in [0.15, 0.2) is 0 Å². The third-order valence-electron chi connectivity index (χ3n) is 3.32. The third-order valence-corrected chi connectivity index (χ3v) is 4.67. The van der Waals surface area contributed by atoms with Gasteiger partial charge in [0, 0.05) is 16.3 Å². The minimum atomic E-state index is -0.902. The van der Waals surface area contributed by atoms with Crippen LogP contribution in [0.3, 0.4) is 0 Å². The van der Waals surface area contributed by atoms with Crippen LogP contribution >= 0.6 is 23.4 Å². The van der Waals surface area contributed by atoms with Crippen molar-refractivity contribution in [3.63, 3.8) is 0 Å². The quantitative estimate of drug-likeness (QED) is 0.480. The zero-order valence-electron chi connectivity index (χ0n) is 12.1. The van der Waals surface area contributed by atoms with Crippen LogP contribution in [-0.4, -0.2) is 40.6 Å². The van der Waals surface area contributed by atoms with E-state index in [0.29, 0.717) is 17.9 Å². The lowest BCUT2D eigenvalue weighted by molar-refractivity contribution is -0.124. The summed E-state index contributed by atoms with van der Waals surface area (Å²) in [6.45, 7) is 1.31. The zero-order valence-corrected chi connectivity index (χ0v) is 13.7. The Bertz CT molecular complexity index is 427. The molecule has 1 aromatic carbocycles. The summed E-state index contributed by atoms with van der Waals surface area (Å²) in [5.74, 6) is 0.684. The molecule has 0 bridgehead atoms. The fourth-order valence-corrected chi connectivity index (χ4v) is 2.73. The number of hydrogen-bond acceptors (Lipinski definition) is 4. The molecule has 6 heteroatoms. The summed E-state index contributed by atoms with van der Waals surface area (Å²) in [5.41, 5.74) is -0.902. The number of carbonyl (C=O) groups is 1. The van der Waals surface area contributed by atoms with Crippen LogP contribution in [0.15, 0.2) is 29.2 Å². The Morgan fingerprint density at radius 2 is 1.90 bits per heavy atom. The fourth-order valence-electron chi connectivity index (χ4n) is 1.75. The van der Waals surface area contributed by atoms with Gasteiger partial charge < -0.3 is 15.5 Å². The monoisotopic (exact) mass is 331 g/mol. The number of carbonyl (C=O) groups excluding carboxylic acids is 1. The average Bonchev–Trinajstić information content (AvgIpc) is 2.51. The van der Waals surface area contributed by atoms with Gasteiger partial charge in [-0.05, 0) is 42.9 Å². The molecular formula is C15H22ClNO3S. The van der Waals surface area contributed by atoms with E-state index in [1.807, 2.05) is 31.2 Å². The standard InChI is InChI=1S/C15H22ClNO3S/c1-2-15(10-18,11-19)17-14(20)4-3-9-21-13-7-5-12(16)6-8-13/h5-8,18-19H,2-4,9-11H2,1H3,(H,17,20). The highest BCUT2D eigenvalue weighted by atomic mass is 35.5. The van der Waals surface area contributed by atoms with Crippen molar-refractivity contribution in [2.24, 2.45) is 0 Å². The molecule has 118 valence electrons. The zero-order chi connectivity index (χ0) is 15.7. The van der Waals surface area contributed by atoms with Gasteiger partial charge in [-0.3, -0.25) is 4.79 Å². The molecule has 0 aliphatic heterocycles. The summed E-state index contributed by atoms with van der Waals surface area (Å²) in [6, 6.07) is 7.59. The highest BCUT2D eigenvalue weighted by molar-refractivity contribution is 7.99. The number of halogens is 1. The lowest BCUT2D eigenvalue weighted by atomic mass is 9.98. The van der Waals surface area contributed by atoms with Crippen molar-refractivity contribution in [3.8, 4) is 0 Å². The molecule has 0 saturated carbocycles. The van der Waals surface area contributed by atoms with Gasteiger partial charge in [0.05, 0.1) is 18.8 Å². The summed E-state index contributed by atoms with van der Waals surface area (Å²) in [4.78, 5) is 13.0. The van der Waals surface area contributed by atoms with Crippen molar-refractivity contribution in [1.29, 1.82) is 0 Å². The second-order valence-corrected chi connectivity index (χ2v) is 6.51. The molecule has 4 nitrogen and oxygen atoms in total. The molecule has 0 fully saturated rings. The first-order valence-corrected chi connectivity index (χ1v) is 8.32. The van der Waals surface area contributed by atoms with Crippen LogP contribution in [0.2, 0.25) is 5.02 Å². The van der Waals surface area contributed by atoms with E-state index in [-0.39, 0.29) is 19.1 Å². The molecule has 21 heavy (non-hydrogen) atoms. The van der Waals surface area contributed by atoms with E-state index >= 15 is 0 Å². The molecule has 0 unspecified atom stereocenters. The molecule has 1 rings (SSSR count). The molecular weight excluding hydrogens is 310 g/mol. The van der Waals surface area contributed by atoms with Gasteiger partial charge in [-0.2, -0.15) is 0 Å². The number of nitrogens with one attached hydrogen (secondary N) is 1. The van der Waals surface area contributed by atoms with Crippen LogP contribution in [0.4, 0.5) is 0 Å². The molecule has 1 amide bonds. The Labute approximate surface area is 134 Å². The molecule has 0 aromatic heterocycles. The summed E-state index contributed by atoms with van der Waals surface area (Å²) < 4.78 is 0. The van der Waals surface area contributed by atoms with E-state index < -0.39 is 5.54 Å². The van der Waals surface area contributed by atoms with Gasteiger partial charge >= 0.3 is 0 Å². The van der Waals surface area contributed by atoms with E-state index in [2.05, 4.69) is 5.32 Å². The molecule has 1 aromatic rings. The van der Waals surface area contributed by atoms with Crippen LogP contribution in [0.25, 0.3) is 0 Å². The van der Waals surface area contributed by atoms with Crippen LogP contribution < -0.4 is 5.32 Å². The van der Waals surface area contributed by atoms with Gasteiger partial charge in [0.2, 0.25) is 5.91 Å². The van der Waals surface area contributed by atoms with Crippen molar-refractivity contribution in [3.05, 3.63) is 29.3 Å². The second-order valence-electron chi connectivity index (χ2n) is 4.90. The van der Waals surface area contributed by atoms with Crippen LogP contribution in [0.1, 0.15) is 26.2 Å². The smallest absolute Gasteiger partial charge is 0.220 e. The maximum absolute atomic E-state index is 11.8. The third kappa shape index (κ3) is 6.26. The topological polar surface area (TPSA) is 69.6 Å². The maximum Gasteiger partial charge on any atom is 0.220 e. The minimum absolute atomic E-state index is 0.142. The van der Waals surface area contributed by atoms with Crippen LogP contribution in [0, 0.1) is 0 Å². The summed E-state index contributed by atoms with van der Waals surface area (Å²) in [6.07, 6.45) is 1.60. The van der Waals surface area contributed by atoms with Crippen molar-refractivity contribution in [1.82, 2.24) is 5.32 Å². The van der Waals surface area contributed by atoms with Gasteiger partial charge in [-0.1, -0.05) is 18.5 Å². The van der Waals surface area contributed by atoms with Gasteiger partial charge in [0.25, 0.3) is 0 Å². The Kier molecular flexibility index (Phi) is 8.11. The Morgan fingerprint density at radius 1 is 1.29 bits per heavy atom. The number of thioether (sulfide) groups is 1. The Morgan fingerprint density at radius 3 is 2.43 bits per heavy atom. The molecule has 0 spiro atoms. The highest BCUT2D eigenvalue weighted by Gasteiger charge is 2.28. The number of amides is 1. The van der Waals surface area contributed by atoms with E-state index in [0.717, 1.165) is 17.1 Å². The molecule has 0 aliphatic rings. The van der Waals surface area contributed by atoms with E-state index in [1.165, 1.54) is 0 Å². The summed E-state index contributed by atoms with van der Waals surface area (Å²) in [7, 11) is 0. The lowest BCUT2D eigenvalue weighted by Crippen LogP contribution is -2.53. The van der Waals surface area contributed by atoms with Gasteiger partial charge in [-0.15, -0.1) is 11.8 Å². The maximum atomic E-state index is 11.8. The van der Waals surface area contributed by atoms with E-state index in [1.54, 1.807) is 11.8 Å². The normalized spacial score (nSPS) is 11.4. The van der Waals surface area contributed by atoms with E-state index in [4.69, 9.17) is 11.6 Å². The van der Waals surface area contributed by atoms with Crippen molar-refractivity contribution in [2.45, 2.75) is 36.6 Å². The molecule has 0 heterocycles. The number of aliphatic hydroxyl groups excluding tert-OH is 2. The minimum Gasteiger partial charge on any atom is -0.394 e. The summed E-state index contributed by atoms with van der Waals surface area (Å²) in [5, 5.41) is 22.0. The first-order valence-electron chi connectivity index (χ1n) is 6.96. The van der Waals surface area contributed by atoms with Crippen molar-refractivity contribution < 1.29 is 15.0 Å². The molecule has 0 aliphatic carbocycles. The fraction of sp³-hybridized carbons (Fsp3) is 0.533. The number of aliphatic hydroxyl groups is 2. The first-order chi connectivity index (χ1) is 10.0.